The Balaban J connectivity index is 2.11. The summed E-state index contributed by atoms with van der Waals surface area (Å²) >= 11 is 0. The third-order valence-corrected chi connectivity index (χ3v) is 3.22. The molecule has 3 heteroatoms. The Kier molecular flexibility index (Phi) is 4.27. The van der Waals surface area contributed by atoms with Gasteiger partial charge in [-0.05, 0) is 37.6 Å². The van der Waals surface area contributed by atoms with Crippen LogP contribution in [0.1, 0.15) is 37.1 Å². The van der Waals surface area contributed by atoms with Crippen LogP contribution in [0.25, 0.3) is 0 Å². The second-order valence-corrected chi connectivity index (χ2v) is 4.69. The standard InChI is InChI=1S/C16H17F2N/c1-11(13-6-5-7-14(17)10-13)19-12(2)15-8-3-4-9-16(15)18/h3-12,19H,1-2H3. The third-order valence-electron chi connectivity index (χ3n) is 3.22. The molecule has 2 unspecified atom stereocenters. The molecule has 0 fully saturated rings. The van der Waals surface area contributed by atoms with E-state index >= 15 is 0 Å². The van der Waals surface area contributed by atoms with Gasteiger partial charge in [-0.3, -0.25) is 0 Å². The summed E-state index contributed by atoms with van der Waals surface area (Å²) in [5.41, 5.74) is 1.47. The minimum Gasteiger partial charge on any atom is -0.304 e. The molecule has 0 aliphatic carbocycles. The Bertz CT molecular complexity index is 554. The van der Waals surface area contributed by atoms with Gasteiger partial charge < -0.3 is 5.32 Å². The third kappa shape index (κ3) is 3.38. The van der Waals surface area contributed by atoms with Gasteiger partial charge in [0, 0.05) is 17.6 Å². The van der Waals surface area contributed by atoms with Gasteiger partial charge in [0.15, 0.2) is 0 Å². The second kappa shape index (κ2) is 5.93. The van der Waals surface area contributed by atoms with Crippen LogP contribution in [0.5, 0.6) is 0 Å². The number of halogens is 2. The Morgan fingerprint density at radius 3 is 2.32 bits per heavy atom. The fourth-order valence-electron chi connectivity index (χ4n) is 2.16. The number of hydrogen-bond donors (Lipinski definition) is 1. The van der Waals surface area contributed by atoms with E-state index in [-0.39, 0.29) is 23.7 Å². The van der Waals surface area contributed by atoms with Gasteiger partial charge in [-0.1, -0.05) is 30.3 Å². The van der Waals surface area contributed by atoms with Crippen LogP contribution in [-0.4, -0.2) is 0 Å². The molecule has 0 aliphatic heterocycles. The lowest BCUT2D eigenvalue weighted by molar-refractivity contribution is 0.472. The average molecular weight is 261 g/mol. The second-order valence-electron chi connectivity index (χ2n) is 4.69. The first-order valence-corrected chi connectivity index (χ1v) is 6.34. The lowest BCUT2D eigenvalue weighted by Crippen LogP contribution is -2.23. The largest absolute Gasteiger partial charge is 0.304 e. The summed E-state index contributed by atoms with van der Waals surface area (Å²) in [7, 11) is 0. The minimum atomic E-state index is -0.260. The molecule has 0 saturated heterocycles. The zero-order chi connectivity index (χ0) is 13.8. The number of benzene rings is 2. The summed E-state index contributed by atoms with van der Waals surface area (Å²) in [6, 6.07) is 12.9. The van der Waals surface area contributed by atoms with Crippen molar-refractivity contribution in [3.63, 3.8) is 0 Å². The molecule has 0 heterocycles. The van der Waals surface area contributed by atoms with Crippen LogP contribution in [0.3, 0.4) is 0 Å². The van der Waals surface area contributed by atoms with E-state index in [2.05, 4.69) is 5.32 Å². The zero-order valence-corrected chi connectivity index (χ0v) is 11.0. The molecule has 0 saturated carbocycles. The SMILES string of the molecule is CC(NC(C)c1ccccc1F)c1cccc(F)c1. The Morgan fingerprint density at radius 1 is 0.895 bits per heavy atom. The number of rotatable bonds is 4. The average Bonchev–Trinajstić information content (AvgIpc) is 2.39. The quantitative estimate of drug-likeness (QED) is 0.861. The van der Waals surface area contributed by atoms with Crippen LogP contribution >= 0.6 is 0 Å². The van der Waals surface area contributed by atoms with Crippen molar-refractivity contribution in [1.29, 1.82) is 0 Å². The maximum absolute atomic E-state index is 13.7. The molecule has 0 spiro atoms. The molecule has 0 radical (unpaired) electrons. The summed E-state index contributed by atoms with van der Waals surface area (Å²) in [6.07, 6.45) is 0. The van der Waals surface area contributed by atoms with Gasteiger partial charge in [-0.2, -0.15) is 0 Å². The Morgan fingerprint density at radius 2 is 1.63 bits per heavy atom. The summed E-state index contributed by atoms with van der Waals surface area (Å²) in [4.78, 5) is 0. The molecular weight excluding hydrogens is 244 g/mol. The lowest BCUT2D eigenvalue weighted by Gasteiger charge is -2.21. The predicted molar refractivity (Wildman–Crippen MR) is 72.8 cm³/mol. The minimum absolute atomic E-state index is 0.0506. The van der Waals surface area contributed by atoms with E-state index in [1.54, 1.807) is 18.2 Å². The molecule has 2 aromatic rings. The molecule has 0 aliphatic rings. The Labute approximate surface area is 112 Å². The topological polar surface area (TPSA) is 12.0 Å². The van der Waals surface area contributed by atoms with Crippen LogP contribution in [0.15, 0.2) is 48.5 Å². The normalized spacial score (nSPS) is 14.1. The smallest absolute Gasteiger partial charge is 0.127 e. The predicted octanol–water partition coefficient (Wildman–Crippen LogP) is 4.38. The van der Waals surface area contributed by atoms with Gasteiger partial charge in [0.1, 0.15) is 11.6 Å². The molecule has 100 valence electrons. The summed E-state index contributed by atoms with van der Waals surface area (Å²) < 4.78 is 26.8. The van der Waals surface area contributed by atoms with Crippen molar-refractivity contribution in [2.75, 3.05) is 0 Å². The van der Waals surface area contributed by atoms with E-state index in [0.717, 1.165) is 5.56 Å². The number of hydrogen-bond acceptors (Lipinski definition) is 1. The van der Waals surface area contributed by atoms with E-state index in [1.165, 1.54) is 18.2 Å². The van der Waals surface area contributed by atoms with Gasteiger partial charge in [-0.25, -0.2) is 8.78 Å². The van der Waals surface area contributed by atoms with E-state index < -0.39 is 0 Å². The highest BCUT2D eigenvalue weighted by atomic mass is 19.1. The fourth-order valence-corrected chi connectivity index (χ4v) is 2.16. The fraction of sp³-hybridized carbons (Fsp3) is 0.250. The van der Waals surface area contributed by atoms with Crippen molar-refractivity contribution < 1.29 is 8.78 Å². The van der Waals surface area contributed by atoms with Crippen LogP contribution in [0, 0.1) is 11.6 Å². The molecule has 1 N–H and O–H groups in total. The van der Waals surface area contributed by atoms with Crippen LogP contribution < -0.4 is 5.32 Å². The molecule has 0 aromatic heterocycles. The van der Waals surface area contributed by atoms with E-state index in [9.17, 15) is 8.78 Å². The first-order chi connectivity index (χ1) is 9.08. The first-order valence-electron chi connectivity index (χ1n) is 6.34. The maximum Gasteiger partial charge on any atom is 0.127 e. The summed E-state index contributed by atoms with van der Waals surface area (Å²) in [5.74, 6) is -0.487. The number of nitrogens with one attached hydrogen (secondary N) is 1. The molecule has 2 atom stereocenters. The van der Waals surface area contributed by atoms with Crippen molar-refractivity contribution in [3.05, 3.63) is 71.3 Å². The van der Waals surface area contributed by atoms with Crippen LogP contribution in [0.2, 0.25) is 0 Å². The van der Waals surface area contributed by atoms with Crippen molar-refractivity contribution >= 4 is 0 Å². The molecular formula is C16H17F2N. The zero-order valence-electron chi connectivity index (χ0n) is 11.0. The highest BCUT2D eigenvalue weighted by Gasteiger charge is 2.14. The molecule has 0 amide bonds. The molecule has 1 nitrogen and oxygen atoms in total. The van der Waals surface area contributed by atoms with Gasteiger partial charge in [0.25, 0.3) is 0 Å². The highest BCUT2D eigenvalue weighted by Crippen LogP contribution is 2.21. The van der Waals surface area contributed by atoms with Gasteiger partial charge >= 0.3 is 0 Å². The van der Waals surface area contributed by atoms with E-state index in [0.29, 0.717) is 5.56 Å². The highest BCUT2D eigenvalue weighted by molar-refractivity contribution is 5.23. The van der Waals surface area contributed by atoms with Crippen molar-refractivity contribution in [2.45, 2.75) is 25.9 Å². The van der Waals surface area contributed by atoms with Gasteiger partial charge in [0.05, 0.1) is 0 Å². The molecule has 0 bridgehead atoms. The van der Waals surface area contributed by atoms with E-state index in [1.807, 2.05) is 26.0 Å². The van der Waals surface area contributed by atoms with Crippen LogP contribution in [0.4, 0.5) is 8.78 Å². The van der Waals surface area contributed by atoms with Gasteiger partial charge in [-0.15, -0.1) is 0 Å². The molecule has 2 aromatic carbocycles. The Hall–Kier alpha value is -1.74. The van der Waals surface area contributed by atoms with Crippen molar-refractivity contribution in [3.8, 4) is 0 Å². The van der Waals surface area contributed by atoms with Gasteiger partial charge in [0.2, 0.25) is 0 Å². The summed E-state index contributed by atoms with van der Waals surface area (Å²) in [5, 5.41) is 3.27. The van der Waals surface area contributed by atoms with E-state index in [4.69, 9.17) is 0 Å². The first kappa shape index (κ1) is 13.7. The monoisotopic (exact) mass is 261 g/mol. The van der Waals surface area contributed by atoms with Crippen molar-refractivity contribution in [1.82, 2.24) is 5.32 Å². The maximum atomic E-state index is 13.7. The summed E-state index contributed by atoms with van der Waals surface area (Å²) in [6.45, 7) is 3.83. The lowest BCUT2D eigenvalue weighted by atomic mass is 10.0. The van der Waals surface area contributed by atoms with Crippen molar-refractivity contribution in [2.24, 2.45) is 0 Å². The molecule has 2 rings (SSSR count). The van der Waals surface area contributed by atoms with Crippen LogP contribution in [-0.2, 0) is 0 Å². The molecule has 19 heavy (non-hydrogen) atoms.